The molecule has 0 aliphatic rings. The van der Waals surface area contributed by atoms with Gasteiger partial charge in [0.25, 0.3) is 0 Å². The van der Waals surface area contributed by atoms with Gasteiger partial charge in [-0.05, 0) is 29.8 Å². The fraction of sp³-hybridized carbons (Fsp3) is 0.143. The lowest BCUT2D eigenvalue weighted by molar-refractivity contribution is 0.201. The number of sulfone groups is 1. The molecule has 0 spiro atoms. The van der Waals surface area contributed by atoms with Crippen LogP contribution in [0, 0.1) is 0 Å². The predicted octanol–water partition coefficient (Wildman–Crippen LogP) is 2.96. The smallest absolute Gasteiger partial charge is 0.181 e. The SMILES string of the molecule is O=S(=O)(C[C@@H](O)c1ccc(Br)cc1)c1ccccc1. The summed E-state index contributed by atoms with van der Waals surface area (Å²) in [5, 5.41) is 10.0. The molecule has 100 valence electrons. The maximum Gasteiger partial charge on any atom is 0.181 e. The van der Waals surface area contributed by atoms with Gasteiger partial charge in [-0.2, -0.15) is 0 Å². The molecule has 0 radical (unpaired) electrons. The van der Waals surface area contributed by atoms with Crippen molar-refractivity contribution < 1.29 is 13.5 Å². The molecule has 2 aromatic rings. The van der Waals surface area contributed by atoms with E-state index < -0.39 is 15.9 Å². The van der Waals surface area contributed by atoms with Crippen LogP contribution in [0.25, 0.3) is 0 Å². The fourth-order valence-corrected chi connectivity index (χ4v) is 3.35. The summed E-state index contributed by atoms with van der Waals surface area (Å²) < 4.78 is 25.1. The average molecular weight is 341 g/mol. The highest BCUT2D eigenvalue weighted by Crippen LogP contribution is 2.21. The van der Waals surface area contributed by atoms with E-state index in [-0.39, 0.29) is 10.6 Å². The Morgan fingerprint density at radius 2 is 1.58 bits per heavy atom. The summed E-state index contributed by atoms with van der Waals surface area (Å²) >= 11 is 3.29. The second-order valence-electron chi connectivity index (χ2n) is 4.16. The van der Waals surface area contributed by atoms with E-state index in [1.807, 2.05) is 0 Å². The van der Waals surface area contributed by atoms with Gasteiger partial charge in [-0.15, -0.1) is 0 Å². The van der Waals surface area contributed by atoms with E-state index in [1.165, 1.54) is 12.1 Å². The monoisotopic (exact) mass is 340 g/mol. The van der Waals surface area contributed by atoms with Gasteiger partial charge in [0.1, 0.15) is 0 Å². The van der Waals surface area contributed by atoms with Crippen LogP contribution >= 0.6 is 15.9 Å². The maximum atomic E-state index is 12.1. The second-order valence-corrected chi connectivity index (χ2v) is 7.11. The minimum absolute atomic E-state index is 0.228. The van der Waals surface area contributed by atoms with Crippen molar-refractivity contribution in [2.75, 3.05) is 5.75 Å². The lowest BCUT2D eigenvalue weighted by Crippen LogP contribution is -2.14. The van der Waals surface area contributed by atoms with E-state index in [0.29, 0.717) is 5.56 Å². The van der Waals surface area contributed by atoms with Gasteiger partial charge in [0.05, 0.1) is 16.8 Å². The molecule has 3 nitrogen and oxygen atoms in total. The van der Waals surface area contributed by atoms with Crippen molar-refractivity contribution >= 4 is 25.8 Å². The zero-order valence-electron chi connectivity index (χ0n) is 10.0. The van der Waals surface area contributed by atoms with Crippen molar-refractivity contribution in [3.8, 4) is 0 Å². The highest BCUT2D eigenvalue weighted by Gasteiger charge is 2.20. The van der Waals surface area contributed by atoms with E-state index in [4.69, 9.17) is 0 Å². The number of benzene rings is 2. The Morgan fingerprint density at radius 3 is 2.16 bits per heavy atom. The average Bonchev–Trinajstić information content (AvgIpc) is 2.40. The first kappa shape index (κ1) is 14.2. The summed E-state index contributed by atoms with van der Waals surface area (Å²) in [7, 11) is -3.48. The summed E-state index contributed by atoms with van der Waals surface area (Å²) in [5.74, 6) is -0.321. The Hall–Kier alpha value is -1.17. The predicted molar refractivity (Wildman–Crippen MR) is 77.6 cm³/mol. The van der Waals surface area contributed by atoms with Crippen LogP contribution in [-0.2, 0) is 9.84 Å². The first-order valence-electron chi connectivity index (χ1n) is 5.70. The van der Waals surface area contributed by atoms with Gasteiger partial charge >= 0.3 is 0 Å². The normalized spacial score (nSPS) is 13.2. The Kier molecular flexibility index (Phi) is 4.39. The molecule has 1 N–H and O–H groups in total. The third kappa shape index (κ3) is 3.65. The summed E-state index contributed by atoms with van der Waals surface area (Å²) in [4.78, 5) is 0.228. The number of hydrogen-bond donors (Lipinski definition) is 1. The molecule has 0 unspecified atom stereocenters. The van der Waals surface area contributed by atoms with E-state index in [9.17, 15) is 13.5 Å². The van der Waals surface area contributed by atoms with E-state index in [1.54, 1.807) is 42.5 Å². The van der Waals surface area contributed by atoms with Crippen LogP contribution in [0.5, 0.6) is 0 Å². The topological polar surface area (TPSA) is 54.4 Å². The van der Waals surface area contributed by atoms with Crippen LogP contribution in [0.2, 0.25) is 0 Å². The lowest BCUT2D eigenvalue weighted by atomic mass is 10.1. The van der Waals surface area contributed by atoms with Gasteiger partial charge in [0.15, 0.2) is 9.84 Å². The molecule has 0 saturated heterocycles. The maximum absolute atomic E-state index is 12.1. The Bertz CT molecular complexity index is 636. The molecule has 0 saturated carbocycles. The summed E-state index contributed by atoms with van der Waals surface area (Å²) in [6.45, 7) is 0. The molecule has 5 heteroatoms. The van der Waals surface area contributed by atoms with Crippen LogP contribution in [0.4, 0.5) is 0 Å². The van der Waals surface area contributed by atoms with Gasteiger partial charge in [-0.25, -0.2) is 8.42 Å². The molecule has 0 aromatic heterocycles. The molecule has 0 aliphatic heterocycles. The minimum atomic E-state index is -3.48. The third-order valence-corrected chi connectivity index (χ3v) is 5.01. The summed E-state index contributed by atoms with van der Waals surface area (Å²) in [6, 6.07) is 15.1. The highest BCUT2D eigenvalue weighted by molar-refractivity contribution is 9.10. The molecule has 0 heterocycles. The molecule has 0 aliphatic carbocycles. The largest absolute Gasteiger partial charge is 0.387 e. The minimum Gasteiger partial charge on any atom is -0.387 e. The number of rotatable bonds is 4. The van der Waals surface area contributed by atoms with Crippen LogP contribution in [0.3, 0.4) is 0 Å². The highest BCUT2D eigenvalue weighted by atomic mass is 79.9. The van der Waals surface area contributed by atoms with Crippen molar-refractivity contribution in [1.82, 2.24) is 0 Å². The number of hydrogen-bond acceptors (Lipinski definition) is 3. The first-order chi connectivity index (χ1) is 8.99. The van der Waals surface area contributed by atoms with Crippen molar-refractivity contribution in [3.05, 3.63) is 64.6 Å². The van der Waals surface area contributed by atoms with Crippen LogP contribution in [0.1, 0.15) is 11.7 Å². The Balaban J connectivity index is 2.19. The molecular formula is C14H13BrO3S. The molecule has 0 fully saturated rings. The third-order valence-electron chi connectivity index (χ3n) is 2.73. The van der Waals surface area contributed by atoms with Crippen LogP contribution < -0.4 is 0 Å². The van der Waals surface area contributed by atoms with Crippen molar-refractivity contribution in [2.24, 2.45) is 0 Å². The van der Waals surface area contributed by atoms with E-state index >= 15 is 0 Å². The number of aliphatic hydroxyl groups is 1. The van der Waals surface area contributed by atoms with Crippen molar-refractivity contribution in [3.63, 3.8) is 0 Å². The van der Waals surface area contributed by atoms with Crippen LogP contribution in [0.15, 0.2) is 64.0 Å². The Labute approximate surface area is 121 Å². The van der Waals surface area contributed by atoms with Gasteiger partial charge in [-0.3, -0.25) is 0 Å². The zero-order valence-corrected chi connectivity index (χ0v) is 12.4. The quantitative estimate of drug-likeness (QED) is 0.930. The lowest BCUT2D eigenvalue weighted by Gasteiger charge is -2.11. The zero-order chi connectivity index (χ0) is 13.9. The number of aliphatic hydroxyl groups excluding tert-OH is 1. The molecule has 1 atom stereocenters. The van der Waals surface area contributed by atoms with Crippen molar-refractivity contribution in [2.45, 2.75) is 11.0 Å². The van der Waals surface area contributed by atoms with E-state index in [2.05, 4.69) is 15.9 Å². The molecule has 0 amide bonds. The fourth-order valence-electron chi connectivity index (χ4n) is 1.71. The Morgan fingerprint density at radius 1 is 1.00 bits per heavy atom. The van der Waals surface area contributed by atoms with E-state index in [0.717, 1.165) is 4.47 Å². The second kappa shape index (κ2) is 5.86. The summed E-state index contributed by atoms with van der Waals surface area (Å²) in [6.07, 6.45) is -1.03. The molecular weight excluding hydrogens is 328 g/mol. The first-order valence-corrected chi connectivity index (χ1v) is 8.15. The molecule has 2 rings (SSSR count). The standard InChI is InChI=1S/C14H13BrO3S/c15-12-8-6-11(7-9-12)14(16)10-19(17,18)13-4-2-1-3-5-13/h1-9,14,16H,10H2/t14-/m1/s1. The molecule has 2 aromatic carbocycles. The number of halogens is 1. The van der Waals surface area contributed by atoms with Gasteiger partial charge in [0, 0.05) is 4.47 Å². The molecule has 19 heavy (non-hydrogen) atoms. The van der Waals surface area contributed by atoms with Crippen molar-refractivity contribution in [1.29, 1.82) is 0 Å². The van der Waals surface area contributed by atoms with Gasteiger partial charge in [-0.1, -0.05) is 46.3 Å². The summed E-state index contributed by atoms with van der Waals surface area (Å²) in [5.41, 5.74) is 0.586. The van der Waals surface area contributed by atoms with Gasteiger partial charge < -0.3 is 5.11 Å². The molecule has 0 bridgehead atoms. The van der Waals surface area contributed by atoms with Gasteiger partial charge in [0.2, 0.25) is 0 Å². The van der Waals surface area contributed by atoms with Crippen LogP contribution in [-0.4, -0.2) is 19.3 Å².